The molecule has 0 unspecified atom stereocenters. The number of nitrogens with zero attached hydrogens (tertiary/aromatic N) is 2. The monoisotopic (exact) mass is 650 g/mol. The third kappa shape index (κ3) is 5.52. The maximum atomic E-state index is 14.9. The van der Waals surface area contributed by atoms with E-state index in [1.54, 1.807) is 19.1 Å². The van der Waals surface area contributed by atoms with Crippen LogP contribution in [0, 0.1) is 5.92 Å². The first-order valence-electron chi connectivity index (χ1n) is 16.0. The molecule has 9 heteroatoms. The minimum Gasteiger partial charge on any atom is -0.497 e. The Morgan fingerprint density at radius 3 is 2.17 bits per heavy atom. The van der Waals surface area contributed by atoms with E-state index in [0.29, 0.717) is 18.7 Å². The summed E-state index contributed by atoms with van der Waals surface area (Å²) < 4.78 is 18.1. The highest BCUT2D eigenvalue weighted by molar-refractivity contribution is 6.91. The van der Waals surface area contributed by atoms with Crippen LogP contribution in [0.1, 0.15) is 24.5 Å². The number of rotatable bonds is 11. The second kappa shape index (κ2) is 13.0. The highest BCUT2D eigenvalue weighted by Crippen LogP contribution is 2.60. The summed E-state index contributed by atoms with van der Waals surface area (Å²) in [6.45, 7) is 7.08. The van der Waals surface area contributed by atoms with Gasteiger partial charge in [0, 0.05) is 29.5 Å². The van der Waals surface area contributed by atoms with Gasteiger partial charge in [0.15, 0.2) is 5.60 Å². The molecular formula is C38H42N2O6Si. The number of methoxy groups -OCH3 is 2. The number of fused-ring (bicyclic) bond motifs is 2. The van der Waals surface area contributed by atoms with Gasteiger partial charge in [-0.2, -0.15) is 0 Å². The molecule has 4 aromatic carbocycles. The van der Waals surface area contributed by atoms with Crippen LogP contribution in [0.25, 0.3) is 0 Å². The van der Waals surface area contributed by atoms with Crippen LogP contribution in [0.15, 0.2) is 97.1 Å². The van der Waals surface area contributed by atoms with Gasteiger partial charge in [-0.15, -0.1) is 0 Å². The first kappa shape index (κ1) is 32.5. The fourth-order valence-electron chi connectivity index (χ4n) is 7.78. The minimum absolute atomic E-state index is 0.0347. The number of aliphatic hydroxyl groups is 1. The van der Waals surface area contributed by atoms with Gasteiger partial charge in [-0.3, -0.25) is 14.5 Å². The van der Waals surface area contributed by atoms with Crippen LogP contribution in [-0.2, 0) is 26.5 Å². The highest BCUT2D eigenvalue weighted by Gasteiger charge is 2.66. The predicted octanol–water partition coefficient (Wildman–Crippen LogP) is 6.14. The van der Waals surface area contributed by atoms with Gasteiger partial charge < -0.3 is 24.2 Å². The summed E-state index contributed by atoms with van der Waals surface area (Å²) in [5.74, 6) is 1.16. The molecule has 1 fully saturated rings. The molecular weight excluding hydrogens is 609 g/mol. The van der Waals surface area contributed by atoms with Crippen LogP contribution in [0.3, 0.4) is 0 Å². The summed E-state index contributed by atoms with van der Waals surface area (Å²) in [4.78, 5) is 30.3. The smallest absolute Gasteiger partial charge is 0.264 e. The molecule has 2 amide bonds. The Labute approximate surface area is 277 Å². The number of benzene rings is 4. The number of carbonyl (C=O) groups is 2. The van der Waals surface area contributed by atoms with E-state index in [-0.39, 0.29) is 30.1 Å². The van der Waals surface area contributed by atoms with E-state index in [1.165, 1.54) is 5.19 Å². The lowest BCUT2D eigenvalue weighted by molar-refractivity contribution is -0.146. The Bertz CT molecular complexity index is 1730. The Balaban J connectivity index is 1.37. The lowest BCUT2D eigenvalue weighted by atomic mass is 9.82. The number of para-hydroxylation sites is 1. The zero-order chi connectivity index (χ0) is 33.3. The molecule has 0 saturated carbocycles. The van der Waals surface area contributed by atoms with Gasteiger partial charge in [0.2, 0.25) is 6.41 Å². The molecule has 1 spiro atoms. The second-order valence-corrected chi connectivity index (χ2v) is 17.6. The summed E-state index contributed by atoms with van der Waals surface area (Å²) in [5.41, 5.74) is 2.82. The molecule has 2 aliphatic rings. The molecule has 2 aliphatic heterocycles. The van der Waals surface area contributed by atoms with Crippen molar-refractivity contribution in [3.05, 3.63) is 108 Å². The quantitative estimate of drug-likeness (QED) is 0.155. The fraction of sp³-hybridized carbons (Fsp3) is 0.316. The number of anilines is 3. The number of hydrogen-bond donors (Lipinski definition) is 1. The Morgan fingerprint density at radius 2 is 1.55 bits per heavy atom. The van der Waals surface area contributed by atoms with Crippen molar-refractivity contribution in [2.24, 2.45) is 5.92 Å². The summed E-state index contributed by atoms with van der Waals surface area (Å²) in [5, 5.41) is 11.4. The number of ether oxygens (including phenoxy) is 3. The zero-order valence-electron chi connectivity index (χ0n) is 27.6. The lowest BCUT2D eigenvalue weighted by Crippen LogP contribution is -2.51. The molecule has 0 radical (unpaired) electrons. The Morgan fingerprint density at radius 1 is 0.915 bits per heavy atom. The average molecular weight is 651 g/mol. The molecule has 1 N–H and O–H groups in total. The van der Waals surface area contributed by atoms with Gasteiger partial charge in [-0.1, -0.05) is 67.7 Å². The summed E-state index contributed by atoms with van der Waals surface area (Å²) in [6, 6.07) is 31.2. The number of aliphatic hydroxyl groups excluding tert-OH is 1. The van der Waals surface area contributed by atoms with Crippen molar-refractivity contribution in [1.29, 1.82) is 0 Å². The van der Waals surface area contributed by atoms with Crippen molar-refractivity contribution in [3.63, 3.8) is 0 Å². The molecule has 4 aromatic rings. The number of amides is 2. The first-order valence-corrected chi connectivity index (χ1v) is 19.1. The molecule has 4 atom stereocenters. The topological polar surface area (TPSA) is 88.5 Å². The van der Waals surface area contributed by atoms with E-state index in [9.17, 15) is 14.7 Å². The second-order valence-electron chi connectivity index (χ2n) is 12.9. The maximum Gasteiger partial charge on any atom is 0.264 e. The van der Waals surface area contributed by atoms with E-state index in [4.69, 9.17) is 14.2 Å². The number of carbonyl (C=O) groups excluding carboxylic acids is 2. The van der Waals surface area contributed by atoms with Crippen LogP contribution in [-0.4, -0.2) is 52.4 Å². The molecule has 0 aromatic heterocycles. The van der Waals surface area contributed by atoms with Crippen molar-refractivity contribution in [2.75, 3.05) is 30.6 Å². The predicted molar refractivity (Wildman–Crippen MR) is 187 cm³/mol. The van der Waals surface area contributed by atoms with Crippen molar-refractivity contribution in [1.82, 2.24) is 0 Å². The van der Waals surface area contributed by atoms with Gasteiger partial charge in [0.25, 0.3) is 5.91 Å². The molecule has 0 bridgehead atoms. The summed E-state index contributed by atoms with van der Waals surface area (Å²) in [7, 11) is 1.00. The largest absolute Gasteiger partial charge is 0.497 e. The third-order valence-corrected chi connectivity index (χ3v) is 14.5. The lowest BCUT2D eigenvalue weighted by Gasteiger charge is -2.37. The Hall–Kier alpha value is -4.44. The van der Waals surface area contributed by atoms with E-state index in [0.717, 1.165) is 40.3 Å². The van der Waals surface area contributed by atoms with Crippen molar-refractivity contribution in [2.45, 2.75) is 50.2 Å². The van der Waals surface area contributed by atoms with E-state index >= 15 is 0 Å². The molecule has 47 heavy (non-hydrogen) atoms. The van der Waals surface area contributed by atoms with Crippen LogP contribution in [0.2, 0.25) is 18.6 Å². The van der Waals surface area contributed by atoms with Crippen LogP contribution < -0.4 is 24.5 Å². The van der Waals surface area contributed by atoms with Gasteiger partial charge >= 0.3 is 0 Å². The number of hydrogen-bond acceptors (Lipinski definition) is 6. The van der Waals surface area contributed by atoms with Gasteiger partial charge in [-0.25, -0.2) is 0 Å². The van der Waals surface area contributed by atoms with Crippen LogP contribution in [0.5, 0.6) is 11.5 Å². The highest BCUT2D eigenvalue weighted by atomic mass is 28.3. The molecule has 8 nitrogen and oxygen atoms in total. The SMILES string of the molecule is COc1ccc([Si](C)(C)[C@H]2[C@H](CCO)O[C@@]3(C(=O)N(Cc4ccc(N(C=O)c5ccccc5)cc4)c4ccc(OC)cc43)[C@@H]2C)cc1. The molecule has 6 rings (SSSR count). The molecule has 244 valence electrons. The summed E-state index contributed by atoms with van der Waals surface area (Å²) >= 11 is 0. The van der Waals surface area contributed by atoms with Gasteiger partial charge in [0.1, 0.15) is 11.5 Å². The average Bonchev–Trinajstić information content (AvgIpc) is 3.52. The van der Waals surface area contributed by atoms with E-state index in [1.807, 2.05) is 89.8 Å². The van der Waals surface area contributed by atoms with E-state index in [2.05, 4.69) is 32.2 Å². The third-order valence-electron chi connectivity index (χ3n) is 10.2. The summed E-state index contributed by atoms with van der Waals surface area (Å²) in [6.07, 6.45) is 0.927. The minimum atomic E-state index is -2.28. The fourth-order valence-corrected chi connectivity index (χ4v) is 11.8. The van der Waals surface area contributed by atoms with Crippen molar-refractivity contribution >= 4 is 42.6 Å². The molecule has 1 saturated heterocycles. The van der Waals surface area contributed by atoms with Gasteiger partial charge in [-0.05, 0) is 72.1 Å². The Kier molecular flexibility index (Phi) is 8.98. The normalized spacial score (nSPS) is 22.0. The van der Waals surface area contributed by atoms with Crippen LogP contribution >= 0.6 is 0 Å². The zero-order valence-corrected chi connectivity index (χ0v) is 28.6. The van der Waals surface area contributed by atoms with Gasteiger partial charge in [0.05, 0.1) is 40.6 Å². The standard InChI is InChI=1S/C38H42N2O6Si/c1-26-36(47(4,5)32-18-15-30(44-2)16-19-32)35(21-22-41)46-38(26)33-23-31(45-3)17-20-34(33)39(37(38)43)24-27-11-13-29(14-12-27)40(25-42)28-9-7-6-8-10-28/h6-20,23,25-26,35-36,41H,21-22,24H2,1-5H3/t26-,35+,36-,38+/m1/s1. The van der Waals surface area contributed by atoms with Crippen LogP contribution in [0.4, 0.5) is 17.1 Å². The van der Waals surface area contributed by atoms with Crippen molar-refractivity contribution in [3.8, 4) is 11.5 Å². The molecule has 2 heterocycles. The van der Waals surface area contributed by atoms with Crippen molar-refractivity contribution < 1.29 is 28.9 Å². The van der Waals surface area contributed by atoms with E-state index < -0.39 is 13.7 Å². The molecule has 0 aliphatic carbocycles. The first-order chi connectivity index (χ1) is 22.7. The maximum absolute atomic E-state index is 14.9.